The van der Waals surface area contributed by atoms with Crippen molar-refractivity contribution in [1.29, 1.82) is 0 Å². The van der Waals surface area contributed by atoms with Gasteiger partial charge in [0, 0.05) is 35.6 Å². The molecule has 4 heteroatoms. The van der Waals surface area contributed by atoms with E-state index in [0.717, 1.165) is 0 Å². The van der Waals surface area contributed by atoms with Gasteiger partial charge in [-0.3, -0.25) is 0 Å². The molecule has 0 heterocycles. The molecule has 42 heavy (non-hydrogen) atoms. The van der Waals surface area contributed by atoms with Gasteiger partial charge in [-0.25, -0.2) is 0 Å². The minimum atomic E-state index is 0. The van der Waals surface area contributed by atoms with Crippen LogP contribution in [-0.2, 0) is 0 Å². The topological polar surface area (TPSA) is 0 Å². The molecule has 0 nitrogen and oxygen atoms in total. The minimum absolute atomic E-state index is 0. The third-order valence-corrected chi connectivity index (χ3v) is 8.44. The minimum Gasteiger partial charge on any atom is -0.358 e. The van der Waals surface area contributed by atoms with Crippen molar-refractivity contribution >= 4 is 39.6 Å². The van der Waals surface area contributed by atoms with Crippen molar-refractivity contribution < 1.29 is 71.2 Å². The molecule has 0 saturated carbocycles. The molecule has 0 unspecified atom stereocenters. The second kappa shape index (κ2) is 34.1. The molecular weight excluding hydrogens is 874 g/mol. The van der Waals surface area contributed by atoms with Crippen LogP contribution < -0.4 is 0 Å². The SMILES string of the molecule is Cc1c(C)c(C)[c-](C)c1C.Cc1c(C)c(C)[c-](C)c1C.Cc1c(C)c(C)[c-](C)c1C.[CH3-].[CH3-].[CH3-].[CH3-].[CH3-].[CH3-].[CH3-].[CH3-].[Ga+3].[Ga+3].[La+3].[La]. The summed E-state index contributed by atoms with van der Waals surface area (Å²) in [5.74, 6) is 0. The molecule has 0 atom stereocenters. The molecule has 235 valence electrons. The maximum Gasteiger partial charge on any atom is 3.00 e. The van der Waals surface area contributed by atoms with Gasteiger partial charge in [-0.1, -0.05) is 104 Å². The van der Waals surface area contributed by atoms with E-state index < -0.39 is 0 Å². The fourth-order valence-corrected chi connectivity index (χ4v) is 4.22. The van der Waals surface area contributed by atoms with Crippen molar-refractivity contribution in [3.8, 4) is 0 Å². The van der Waals surface area contributed by atoms with Crippen LogP contribution in [0.3, 0.4) is 0 Å². The summed E-state index contributed by atoms with van der Waals surface area (Å²) in [7, 11) is 0. The second-order valence-corrected chi connectivity index (χ2v) is 9.38. The Bertz CT molecular complexity index is 670. The van der Waals surface area contributed by atoms with E-state index in [-0.39, 0.29) is 170 Å². The average molecular weight is 943 g/mol. The van der Waals surface area contributed by atoms with Crippen LogP contribution in [0.1, 0.15) is 83.5 Å². The zero-order valence-electron chi connectivity index (χ0n) is 32.8. The molecule has 0 aliphatic heterocycles. The van der Waals surface area contributed by atoms with Gasteiger partial charge in [-0.05, 0) is 0 Å². The molecule has 3 aromatic rings. The second-order valence-electron chi connectivity index (χ2n) is 9.38. The monoisotopic (exact) mass is 941 g/mol. The molecule has 0 fully saturated rings. The van der Waals surface area contributed by atoms with Gasteiger partial charge in [0.25, 0.3) is 0 Å². The van der Waals surface area contributed by atoms with Gasteiger partial charge in [-0.2, -0.15) is 83.5 Å². The largest absolute Gasteiger partial charge is 3.00 e. The first-order chi connectivity index (χ1) is 13.7. The Labute approximate surface area is 353 Å². The van der Waals surface area contributed by atoms with Gasteiger partial charge in [0.15, 0.2) is 0 Å². The predicted octanol–water partition coefficient (Wildman–Crippen LogP) is 11.7. The molecule has 0 N–H and O–H groups in total. The van der Waals surface area contributed by atoms with Gasteiger partial charge in [0.1, 0.15) is 0 Å². The molecule has 3 aromatic carbocycles. The van der Waals surface area contributed by atoms with E-state index in [1.165, 1.54) is 83.5 Å². The Morgan fingerprint density at radius 3 is 0.381 bits per heavy atom. The van der Waals surface area contributed by atoms with Crippen LogP contribution in [0.2, 0.25) is 0 Å². The van der Waals surface area contributed by atoms with Gasteiger partial charge in [0.05, 0.1) is 0 Å². The quantitative estimate of drug-likeness (QED) is 0.156. The van der Waals surface area contributed by atoms with Crippen LogP contribution >= 0.6 is 0 Å². The zero-order chi connectivity index (χ0) is 23.7. The number of hydrogen-bond donors (Lipinski definition) is 0. The smallest absolute Gasteiger partial charge is 0.358 e. The molecular formula is C38H69Ga2La2-2. The number of rotatable bonds is 0. The Morgan fingerprint density at radius 2 is 0.357 bits per heavy atom. The maximum atomic E-state index is 2.20. The van der Waals surface area contributed by atoms with Crippen molar-refractivity contribution in [1.82, 2.24) is 0 Å². The molecule has 0 bridgehead atoms. The van der Waals surface area contributed by atoms with Gasteiger partial charge < -0.3 is 59.4 Å². The summed E-state index contributed by atoms with van der Waals surface area (Å²) < 4.78 is 0. The zero-order valence-corrected chi connectivity index (χ0v) is 44.9. The Hall–Kier alpha value is 1.71. The van der Waals surface area contributed by atoms with E-state index in [0.29, 0.717) is 0 Å². The van der Waals surface area contributed by atoms with Crippen molar-refractivity contribution in [3.63, 3.8) is 0 Å². The van der Waals surface area contributed by atoms with E-state index in [1.54, 1.807) is 0 Å². The summed E-state index contributed by atoms with van der Waals surface area (Å²) in [4.78, 5) is 0. The van der Waals surface area contributed by atoms with Crippen LogP contribution in [0.15, 0.2) is 0 Å². The molecule has 0 amide bonds. The fraction of sp³-hybridized carbons (Fsp3) is 0.395. The first kappa shape index (κ1) is 79.3. The Kier molecular flexibility index (Phi) is 64.3. The molecule has 0 aliphatic rings. The summed E-state index contributed by atoms with van der Waals surface area (Å²) in [5.41, 5.74) is 22.0. The van der Waals surface area contributed by atoms with Crippen molar-refractivity contribution in [2.24, 2.45) is 0 Å². The Balaban J connectivity index is -0.0000000281. The first-order valence-electron chi connectivity index (χ1n) is 11.2. The summed E-state index contributed by atoms with van der Waals surface area (Å²) in [6.07, 6.45) is 0. The van der Waals surface area contributed by atoms with E-state index in [1.807, 2.05) is 0 Å². The summed E-state index contributed by atoms with van der Waals surface area (Å²) in [5, 5.41) is 0. The van der Waals surface area contributed by atoms with E-state index in [9.17, 15) is 0 Å². The third-order valence-electron chi connectivity index (χ3n) is 8.44. The van der Waals surface area contributed by atoms with Crippen molar-refractivity contribution in [2.75, 3.05) is 0 Å². The standard InChI is InChI=1S/3C10H15.8CH3.2Ga.2La/c3*1-6-7(2)9(4)10(5)8(6)3;;;;;;;;;;;;/h3*1-5H3;8*1H3;;;;/q11*-1;2*+3;;+3. The number of hydrogen-bond acceptors (Lipinski definition) is 0. The van der Waals surface area contributed by atoms with Gasteiger partial charge in [-0.15, -0.1) is 0 Å². The van der Waals surface area contributed by atoms with Crippen LogP contribution in [0.4, 0.5) is 0 Å². The van der Waals surface area contributed by atoms with Crippen LogP contribution in [0, 0.1) is 234 Å². The third kappa shape index (κ3) is 18.2. The summed E-state index contributed by atoms with van der Waals surface area (Å²) in [6, 6.07) is 0. The molecule has 3 rings (SSSR count). The molecule has 0 aliphatic carbocycles. The van der Waals surface area contributed by atoms with E-state index in [4.69, 9.17) is 0 Å². The van der Waals surface area contributed by atoms with Crippen LogP contribution in [0.25, 0.3) is 0 Å². The summed E-state index contributed by atoms with van der Waals surface area (Å²) >= 11 is 0. The van der Waals surface area contributed by atoms with Crippen LogP contribution in [0.5, 0.6) is 0 Å². The molecule has 0 spiro atoms. The average Bonchev–Trinajstić information content (AvgIpc) is 3.09. The first-order valence-corrected chi connectivity index (χ1v) is 11.2. The van der Waals surface area contributed by atoms with Gasteiger partial charge >= 0.3 is 75.2 Å². The van der Waals surface area contributed by atoms with Gasteiger partial charge in [0.2, 0.25) is 0 Å². The molecule has 0 saturated heterocycles. The molecule has 1 radical (unpaired) electrons. The van der Waals surface area contributed by atoms with E-state index >= 15 is 0 Å². The summed E-state index contributed by atoms with van der Waals surface area (Å²) in [6.45, 7) is 33.0. The fourth-order valence-electron chi connectivity index (χ4n) is 4.22. The molecule has 0 aromatic heterocycles. The maximum absolute atomic E-state index is 2.20. The van der Waals surface area contributed by atoms with E-state index in [2.05, 4.69) is 104 Å². The normalized spacial score (nSPS) is 7.50. The van der Waals surface area contributed by atoms with Crippen molar-refractivity contribution in [2.45, 2.75) is 104 Å². The Morgan fingerprint density at radius 1 is 0.286 bits per heavy atom. The van der Waals surface area contributed by atoms with Crippen LogP contribution in [-0.4, -0.2) is 39.6 Å². The predicted molar refractivity (Wildman–Crippen MR) is 200 cm³/mol. The van der Waals surface area contributed by atoms with Crippen molar-refractivity contribution in [3.05, 3.63) is 143 Å².